The van der Waals surface area contributed by atoms with Crippen LogP contribution >= 0.6 is 23.1 Å². The molecule has 0 N–H and O–H groups in total. The molecule has 0 saturated carbocycles. The SMILES string of the molecule is COc1ccc(N(Cc2cccs2)C(=O)CSc2nncn2C)cc1. The highest BCUT2D eigenvalue weighted by Crippen LogP contribution is 2.24. The molecule has 0 aliphatic carbocycles. The van der Waals surface area contributed by atoms with Gasteiger partial charge in [-0.2, -0.15) is 0 Å². The minimum absolute atomic E-state index is 0.0200. The number of thioether (sulfide) groups is 1. The number of benzene rings is 1. The van der Waals surface area contributed by atoms with Gasteiger partial charge in [0.25, 0.3) is 0 Å². The smallest absolute Gasteiger partial charge is 0.237 e. The van der Waals surface area contributed by atoms with Gasteiger partial charge in [-0.15, -0.1) is 21.5 Å². The summed E-state index contributed by atoms with van der Waals surface area (Å²) in [6, 6.07) is 11.5. The second-order valence-electron chi connectivity index (χ2n) is 5.27. The molecule has 3 rings (SSSR count). The van der Waals surface area contributed by atoms with E-state index in [1.54, 1.807) is 34.2 Å². The summed E-state index contributed by atoms with van der Waals surface area (Å²) in [6.45, 7) is 0.544. The average molecular weight is 374 g/mol. The number of rotatable bonds is 7. The summed E-state index contributed by atoms with van der Waals surface area (Å²) in [4.78, 5) is 15.8. The van der Waals surface area contributed by atoms with Gasteiger partial charge in [0.15, 0.2) is 5.16 Å². The van der Waals surface area contributed by atoms with E-state index >= 15 is 0 Å². The van der Waals surface area contributed by atoms with E-state index in [2.05, 4.69) is 10.2 Å². The van der Waals surface area contributed by atoms with Crippen molar-refractivity contribution in [3.8, 4) is 5.75 Å². The molecule has 8 heteroatoms. The lowest BCUT2D eigenvalue weighted by molar-refractivity contribution is -0.116. The minimum atomic E-state index is 0.0200. The van der Waals surface area contributed by atoms with Gasteiger partial charge in [0.05, 0.1) is 19.4 Å². The van der Waals surface area contributed by atoms with E-state index in [1.165, 1.54) is 11.8 Å². The molecule has 0 atom stereocenters. The number of hydrogen-bond donors (Lipinski definition) is 0. The van der Waals surface area contributed by atoms with Crippen LogP contribution in [0.15, 0.2) is 53.3 Å². The van der Waals surface area contributed by atoms with E-state index in [1.807, 2.05) is 48.8 Å². The highest BCUT2D eigenvalue weighted by Gasteiger charge is 2.18. The van der Waals surface area contributed by atoms with Crippen LogP contribution in [0.2, 0.25) is 0 Å². The zero-order chi connectivity index (χ0) is 17.6. The number of nitrogens with zero attached hydrogens (tertiary/aromatic N) is 4. The van der Waals surface area contributed by atoms with Crippen molar-refractivity contribution < 1.29 is 9.53 Å². The lowest BCUT2D eigenvalue weighted by atomic mass is 10.2. The Kier molecular flexibility index (Phi) is 5.72. The van der Waals surface area contributed by atoms with Crippen LogP contribution < -0.4 is 9.64 Å². The number of hydrogen-bond acceptors (Lipinski definition) is 6. The second-order valence-corrected chi connectivity index (χ2v) is 7.25. The Bertz CT molecular complexity index is 816. The van der Waals surface area contributed by atoms with Crippen LogP contribution in [0.1, 0.15) is 4.88 Å². The van der Waals surface area contributed by atoms with Crippen molar-refractivity contribution in [3.05, 3.63) is 53.0 Å². The van der Waals surface area contributed by atoms with Gasteiger partial charge >= 0.3 is 0 Å². The molecule has 0 bridgehead atoms. The molecule has 0 saturated heterocycles. The minimum Gasteiger partial charge on any atom is -0.497 e. The Morgan fingerprint density at radius 1 is 1.32 bits per heavy atom. The van der Waals surface area contributed by atoms with Crippen molar-refractivity contribution in [1.82, 2.24) is 14.8 Å². The molecule has 0 fully saturated rings. The Hall–Kier alpha value is -2.32. The quantitative estimate of drug-likeness (QED) is 0.594. The number of thiophene rings is 1. The van der Waals surface area contributed by atoms with Crippen LogP contribution in [0.25, 0.3) is 0 Å². The number of carbonyl (C=O) groups is 1. The molecular weight excluding hydrogens is 356 g/mol. The second kappa shape index (κ2) is 8.17. The lowest BCUT2D eigenvalue weighted by Crippen LogP contribution is -2.31. The zero-order valence-corrected chi connectivity index (χ0v) is 15.6. The molecule has 25 heavy (non-hydrogen) atoms. The summed E-state index contributed by atoms with van der Waals surface area (Å²) in [5.74, 6) is 1.08. The van der Waals surface area contributed by atoms with Gasteiger partial charge < -0.3 is 14.2 Å². The molecule has 1 amide bonds. The van der Waals surface area contributed by atoms with Crippen LogP contribution in [0.4, 0.5) is 5.69 Å². The average Bonchev–Trinajstić information content (AvgIpc) is 3.29. The van der Waals surface area contributed by atoms with Crippen LogP contribution in [0.3, 0.4) is 0 Å². The Morgan fingerprint density at radius 2 is 2.12 bits per heavy atom. The topological polar surface area (TPSA) is 60.2 Å². The molecule has 130 valence electrons. The fourth-order valence-electron chi connectivity index (χ4n) is 2.25. The maximum Gasteiger partial charge on any atom is 0.237 e. The van der Waals surface area contributed by atoms with Crippen LogP contribution in [0.5, 0.6) is 5.75 Å². The zero-order valence-electron chi connectivity index (χ0n) is 14.0. The predicted octanol–water partition coefficient (Wildman–Crippen LogP) is 3.21. The summed E-state index contributed by atoms with van der Waals surface area (Å²) in [5.41, 5.74) is 0.845. The number of carbonyl (C=O) groups excluding carboxylic acids is 1. The molecule has 2 heterocycles. The van der Waals surface area contributed by atoms with Crippen LogP contribution in [-0.4, -0.2) is 33.5 Å². The molecule has 0 aliphatic rings. The first-order valence-corrected chi connectivity index (χ1v) is 9.47. The molecule has 6 nitrogen and oxygen atoms in total. The van der Waals surface area contributed by atoms with E-state index in [0.717, 1.165) is 21.5 Å². The third kappa shape index (κ3) is 4.40. The maximum absolute atomic E-state index is 12.9. The summed E-state index contributed by atoms with van der Waals surface area (Å²) in [6.07, 6.45) is 1.62. The van der Waals surface area contributed by atoms with E-state index in [4.69, 9.17) is 4.74 Å². The highest BCUT2D eigenvalue weighted by atomic mass is 32.2. The van der Waals surface area contributed by atoms with Crippen molar-refractivity contribution in [2.45, 2.75) is 11.7 Å². The Balaban J connectivity index is 1.76. The summed E-state index contributed by atoms with van der Waals surface area (Å²) >= 11 is 3.02. The van der Waals surface area contributed by atoms with Gasteiger partial charge in [0, 0.05) is 17.6 Å². The number of ether oxygens (including phenoxy) is 1. The first kappa shape index (κ1) is 17.5. The molecule has 0 aliphatic heterocycles. The fourth-order valence-corrected chi connectivity index (χ4v) is 3.71. The molecule has 3 aromatic rings. The first-order valence-electron chi connectivity index (χ1n) is 7.61. The van der Waals surface area contributed by atoms with Gasteiger partial charge in [0.2, 0.25) is 5.91 Å². The summed E-state index contributed by atoms with van der Waals surface area (Å²) < 4.78 is 7.00. The van der Waals surface area contributed by atoms with Crippen LogP contribution in [0, 0.1) is 0 Å². The molecule has 0 unspecified atom stereocenters. The maximum atomic E-state index is 12.9. The van der Waals surface area contributed by atoms with Gasteiger partial charge in [0.1, 0.15) is 12.1 Å². The van der Waals surface area contributed by atoms with E-state index in [-0.39, 0.29) is 5.91 Å². The van der Waals surface area contributed by atoms with Gasteiger partial charge in [-0.25, -0.2) is 0 Å². The number of anilines is 1. The Labute approximate surface area is 154 Å². The predicted molar refractivity (Wildman–Crippen MR) is 100 cm³/mol. The molecule has 0 radical (unpaired) electrons. The van der Waals surface area contributed by atoms with Crippen molar-refractivity contribution in [2.75, 3.05) is 17.8 Å². The monoisotopic (exact) mass is 374 g/mol. The fraction of sp³-hybridized carbons (Fsp3) is 0.235. The largest absolute Gasteiger partial charge is 0.497 e. The van der Waals surface area contributed by atoms with Crippen molar-refractivity contribution >= 4 is 34.7 Å². The van der Waals surface area contributed by atoms with E-state index < -0.39 is 0 Å². The molecule has 0 spiro atoms. The lowest BCUT2D eigenvalue weighted by Gasteiger charge is -2.22. The standard InChI is InChI=1S/C17H18N4O2S2/c1-20-12-18-19-17(20)25-11-16(22)21(10-15-4-3-9-24-15)13-5-7-14(23-2)8-6-13/h3-9,12H,10-11H2,1-2H3. The van der Waals surface area contributed by atoms with E-state index in [9.17, 15) is 4.79 Å². The first-order chi connectivity index (χ1) is 12.2. The summed E-state index contributed by atoms with van der Waals surface area (Å²) in [5, 5.41) is 10.6. The number of amides is 1. The van der Waals surface area contributed by atoms with Crippen molar-refractivity contribution in [1.29, 1.82) is 0 Å². The van der Waals surface area contributed by atoms with E-state index in [0.29, 0.717) is 12.3 Å². The van der Waals surface area contributed by atoms with Crippen molar-refractivity contribution in [3.63, 3.8) is 0 Å². The molecule has 1 aromatic carbocycles. The number of aromatic nitrogens is 3. The normalized spacial score (nSPS) is 10.6. The Morgan fingerprint density at radius 3 is 2.72 bits per heavy atom. The third-order valence-corrected chi connectivity index (χ3v) is 5.45. The van der Waals surface area contributed by atoms with Crippen molar-refractivity contribution in [2.24, 2.45) is 7.05 Å². The van der Waals surface area contributed by atoms with Gasteiger partial charge in [-0.3, -0.25) is 4.79 Å². The highest BCUT2D eigenvalue weighted by molar-refractivity contribution is 7.99. The van der Waals surface area contributed by atoms with Gasteiger partial charge in [-0.1, -0.05) is 17.8 Å². The molecular formula is C17H18N4O2S2. The van der Waals surface area contributed by atoms with Gasteiger partial charge in [-0.05, 0) is 35.7 Å². The summed E-state index contributed by atoms with van der Waals surface area (Å²) in [7, 11) is 3.49. The molecule has 2 aromatic heterocycles. The number of aryl methyl sites for hydroxylation is 1. The van der Waals surface area contributed by atoms with Crippen LogP contribution in [-0.2, 0) is 18.4 Å². The third-order valence-electron chi connectivity index (χ3n) is 3.57. The number of methoxy groups -OCH3 is 1.